The number of hydrogen-bond donors (Lipinski definition) is 3. The smallest absolute Gasteiger partial charge is 0.223 e. The van der Waals surface area contributed by atoms with Gasteiger partial charge < -0.3 is 19.7 Å². The number of halogens is 1. The van der Waals surface area contributed by atoms with Crippen LogP contribution in [0.25, 0.3) is 11.5 Å². The van der Waals surface area contributed by atoms with Crippen LogP contribution < -0.4 is 5.32 Å². The van der Waals surface area contributed by atoms with Crippen LogP contribution in [0, 0.1) is 4.78 Å². The van der Waals surface area contributed by atoms with Gasteiger partial charge in [0.25, 0.3) is 0 Å². The van der Waals surface area contributed by atoms with Gasteiger partial charge in [-0.05, 0) is 52.2 Å². The lowest BCUT2D eigenvalue weighted by molar-refractivity contribution is 0.118. The number of rotatable bonds is 5. The Balaban J connectivity index is 1.47. The molecule has 2 aliphatic rings. The molecule has 3 N–H and O–H groups in total. The van der Waals surface area contributed by atoms with Crippen LogP contribution in [-0.4, -0.2) is 73.0 Å². The number of nitrogens with zero attached hydrogens (tertiary/aromatic N) is 4. The van der Waals surface area contributed by atoms with Gasteiger partial charge in [0.05, 0.1) is 29.6 Å². The van der Waals surface area contributed by atoms with Crippen LogP contribution in [0.3, 0.4) is 0 Å². The molecule has 0 amide bonds. The summed E-state index contributed by atoms with van der Waals surface area (Å²) >= 11 is 6.34. The van der Waals surface area contributed by atoms with Gasteiger partial charge in [-0.15, -0.1) is 0 Å². The number of aliphatic hydroxyl groups is 1. The fraction of sp³-hybridized carbons (Fsp3) is 0.650. The Bertz CT molecular complexity index is 1020. The van der Waals surface area contributed by atoms with E-state index >= 15 is 0 Å². The molecule has 4 rings (SSSR count). The van der Waals surface area contributed by atoms with Crippen molar-refractivity contribution in [3.63, 3.8) is 0 Å². The molecule has 0 aromatic carbocycles. The minimum Gasteiger partial charge on any atom is -0.439 e. The molecule has 2 aromatic heterocycles. The third-order valence-electron chi connectivity index (χ3n) is 6.29. The third-order valence-corrected chi connectivity index (χ3v) is 8.26. The summed E-state index contributed by atoms with van der Waals surface area (Å²) in [4.78, 5) is 15.5. The van der Waals surface area contributed by atoms with Crippen LogP contribution in [0.1, 0.15) is 43.9 Å². The van der Waals surface area contributed by atoms with Gasteiger partial charge in [-0.2, -0.15) is 0 Å². The SMILES string of the molecule is CN1CCC(c2ncc(-c3nc(N[C@@H]4CC[C@@H]([S@@](C)(=N)=O)C[C@H]4O)ncc3Cl)o2)CC1. The summed E-state index contributed by atoms with van der Waals surface area (Å²) in [7, 11) is -0.558. The van der Waals surface area contributed by atoms with E-state index < -0.39 is 15.8 Å². The summed E-state index contributed by atoms with van der Waals surface area (Å²) in [6.07, 6.45) is 7.38. The molecule has 4 atom stereocenters. The molecule has 1 aliphatic carbocycles. The average molecular weight is 469 g/mol. The van der Waals surface area contributed by atoms with Crippen LogP contribution in [0.2, 0.25) is 5.02 Å². The molecule has 1 saturated carbocycles. The van der Waals surface area contributed by atoms with E-state index in [1.807, 2.05) is 0 Å². The minimum absolute atomic E-state index is 0.281. The molecule has 3 heterocycles. The molecule has 170 valence electrons. The normalized spacial score (nSPS) is 27.7. The largest absolute Gasteiger partial charge is 0.439 e. The van der Waals surface area contributed by atoms with Crippen molar-refractivity contribution >= 4 is 27.3 Å². The van der Waals surface area contributed by atoms with Gasteiger partial charge >= 0.3 is 0 Å². The number of oxazole rings is 1. The fourth-order valence-corrected chi connectivity index (χ4v) is 5.64. The van der Waals surface area contributed by atoms with Gasteiger partial charge in [0.2, 0.25) is 5.95 Å². The zero-order valence-electron chi connectivity index (χ0n) is 17.8. The quantitative estimate of drug-likeness (QED) is 0.610. The minimum atomic E-state index is -2.67. The van der Waals surface area contributed by atoms with Crippen molar-refractivity contribution in [3.05, 3.63) is 23.3 Å². The first-order chi connectivity index (χ1) is 14.7. The van der Waals surface area contributed by atoms with Crippen molar-refractivity contribution in [1.29, 1.82) is 4.78 Å². The number of anilines is 1. The molecule has 2 fully saturated rings. The lowest BCUT2D eigenvalue weighted by Gasteiger charge is -2.33. The highest BCUT2D eigenvalue weighted by atomic mass is 35.5. The summed E-state index contributed by atoms with van der Waals surface area (Å²) in [5, 5.41) is 13.7. The number of likely N-dealkylation sites (tertiary alicyclic amines) is 1. The molecular weight excluding hydrogens is 440 g/mol. The summed E-state index contributed by atoms with van der Waals surface area (Å²) < 4.78 is 25.8. The number of aliphatic hydroxyl groups excluding tert-OH is 1. The predicted molar refractivity (Wildman–Crippen MR) is 120 cm³/mol. The molecule has 0 radical (unpaired) electrons. The second-order valence-electron chi connectivity index (χ2n) is 8.69. The van der Waals surface area contributed by atoms with Crippen LogP contribution in [-0.2, 0) is 9.73 Å². The average Bonchev–Trinajstić information content (AvgIpc) is 3.20. The van der Waals surface area contributed by atoms with Crippen molar-refractivity contribution in [2.75, 3.05) is 31.7 Å². The maximum Gasteiger partial charge on any atom is 0.223 e. The first-order valence-electron chi connectivity index (χ1n) is 10.5. The number of nitrogens with one attached hydrogen (secondary N) is 2. The Morgan fingerprint density at radius 2 is 2.00 bits per heavy atom. The van der Waals surface area contributed by atoms with Crippen LogP contribution in [0.4, 0.5) is 5.95 Å². The molecule has 0 spiro atoms. The summed E-state index contributed by atoms with van der Waals surface area (Å²) in [6, 6.07) is -0.281. The molecule has 9 nitrogen and oxygen atoms in total. The van der Waals surface area contributed by atoms with Crippen LogP contribution in [0.15, 0.2) is 16.8 Å². The lowest BCUT2D eigenvalue weighted by Crippen LogP contribution is -2.43. The van der Waals surface area contributed by atoms with E-state index in [1.165, 1.54) is 12.5 Å². The maximum absolute atomic E-state index is 12.0. The van der Waals surface area contributed by atoms with Crippen molar-refractivity contribution in [3.8, 4) is 11.5 Å². The first kappa shape index (κ1) is 22.4. The molecule has 1 aliphatic heterocycles. The molecule has 2 aromatic rings. The van der Waals surface area contributed by atoms with Gasteiger partial charge in [0, 0.05) is 27.2 Å². The Hall–Kier alpha value is -1.75. The van der Waals surface area contributed by atoms with E-state index in [1.54, 1.807) is 6.20 Å². The van der Waals surface area contributed by atoms with Gasteiger partial charge in [-0.25, -0.2) is 19.2 Å². The molecular formula is C20H29ClN6O3S. The van der Waals surface area contributed by atoms with Crippen molar-refractivity contribution < 1.29 is 13.7 Å². The van der Waals surface area contributed by atoms with E-state index in [0.717, 1.165) is 25.9 Å². The van der Waals surface area contributed by atoms with Gasteiger partial charge in [-0.1, -0.05) is 11.6 Å². The lowest BCUT2D eigenvalue weighted by atomic mass is 9.92. The van der Waals surface area contributed by atoms with Gasteiger partial charge in [0.1, 0.15) is 5.69 Å². The Labute approximate surface area is 187 Å². The number of hydrogen-bond acceptors (Lipinski definition) is 9. The monoisotopic (exact) mass is 468 g/mol. The zero-order valence-corrected chi connectivity index (χ0v) is 19.3. The van der Waals surface area contributed by atoms with E-state index in [-0.39, 0.29) is 11.3 Å². The predicted octanol–water partition coefficient (Wildman–Crippen LogP) is 2.96. The van der Waals surface area contributed by atoms with E-state index in [0.29, 0.717) is 53.5 Å². The third kappa shape index (κ3) is 5.19. The molecule has 11 heteroatoms. The summed E-state index contributed by atoms with van der Waals surface area (Å²) in [5.41, 5.74) is 0.455. The van der Waals surface area contributed by atoms with E-state index in [4.69, 9.17) is 20.8 Å². The number of aromatic nitrogens is 3. The highest BCUT2D eigenvalue weighted by Gasteiger charge is 2.33. The molecule has 0 unspecified atom stereocenters. The topological polar surface area (TPSA) is 128 Å². The van der Waals surface area contributed by atoms with E-state index in [2.05, 4.69) is 32.2 Å². The van der Waals surface area contributed by atoms with Crippen molar-refractivity contribution in [2.24, 2.45) is 0 Å². The molecule has 31 heavy (non-hydrogen) atoms. The second-order valence-corrected chi connectivity index (χ2v) is 11.6. The summed E-state index contributed by atoms with van der Waals surface area (Å²) in [5.74, 6) is 1.83. The first-order valence-corrected chi connectivity index (χ1v) is 13.0. The van der Waals surface area contributed by atoms with Gasteiger partial charge in [-0.3, -0.25) is 4.78 Å². The molecule has 0 bridgehead atoms. The van der Waals surface area contributed by atoms with Gasteiger partial charge in [0.15, 0.2) is 11.7 Å². The standard InChI is InChI=1S/C20H29ClN6O3S/c1-27-7-5-12(6-8-27)19-23-11-17(30-19)18-14(21)10-24-20(26-18)25-15-4-3-13(9-16(15)28)31(2,22)29/h10-13,15-16,22,28H,3-9H2,1-2H3,(H,24,25,26)/t13-,15-,16-,31+/m1/s1. The fourth-order valence-electron chi connectivity index (χ4n) is 4.30. The number of piperidine rings is 1. The van der Waals surface area contributed by atoms with Crippen molar-refractivity contribution in [2.45, 2.75) is 55.4 Å². The highest BCUT2D eigenvalue weighted by molar-refractivity contribution is 7.92. The summed E-state index contributed by atoms with van der Waals surface area (Å²) in [6.45, 7) is 2.03. The second kappa shape index (κ2) is 9.01. The van der Waals surface area contributed by atoms with Crippen LogP contribution >= 0.6 is 11.6 Å². The van der Waals surface area contributed by atoms with Crippen LogP contribution in [0.5, 0.6) is 0 Å². The highest BCUT2D eigenvalue weighted by Crippen LogP contribution is 2.33. The Kier molecular flexibility index (Phi) is 6.52. The maximum atomic E-state index is 12.0. The van der Waals surface area contributed by atoms with E-state index in [9.17, 15) is 9.32 Å². The Morgan fingerprint density at radius 1 is 1.26 bits per heavy atom. The van der Waals surface area contributed by atoms with Crippen molar-refractivity contribution in [1.82, 2.24) is 19.9 Å². The zero-order chi connectivity index (χ0) is 22.2. The molecule has 1 saturated heterocycles. The Morgan fingerprint density at radius 3 is 2.68 bits per heavy atom.